The van der Waals surface area contributed by atoms with Crippen LogP contribution in [0.4, 0.5) is 11.4 Å². The molecule has 0 bridgehead atoms. The Labute approximate surface area is 168 Å². The van der Waals surface area contributed by atoms with Crippen molar-refractivity contribution in [2.75, 3.05) is 36.9 Å². The highest BCUT2D eigenvalue weighted by Crippen LogP contribution is 2.19. The number of primary amides is 1. The lowest BCUT2D eigenvalue weighted by Crippen LogP contribution is -2.40. The number of nitrogens with one attached hydrogen (secondary N) is 2. The highest BCUT2D eigenvalue weighted by molar-refractivity contribution is 7.89. The summed E-state index contributed by atoms with van der Waals surface area (Å²) in [7, 11) is -3.53. The number of hydrogen-bond donors (Lipinski definition) is 3. The average molecular weight is 421 g/mol. The molecular weight excluding hydrogens is 400 g/mol. The molecule has 0 aliphatic carbocycles. The number of anilines is 2. The molecular formula is C18H20N4O4S2. The summed E-state index contributed by atoms with van der Waals surface area (Å²) in [5.41, 5.74) is 6.95. The van der Waals surface area contributed by atoms with Crippen LogP contribution in [0.1, 0.15) is 10.4 Å². The number of rotatable bonds is 5. The summed E-state index contributed by atoms with van der Waals surface area (Å²) in [4.78, 5) is 11.3. The van der Waals surface area contributed by atoms with Gasteiger partial charge in [0.15, 0.2) is 5.11 Å². The first-order chi connectivity index (χ1) is 13.4. The first kappa shape index (κ1) is 20.2. The fourth-order valence-corrected chi connectivity index (χ4v) is 4.30. The molecule has 1 heterocycles. The Hall–Kier alpha value is -2.53. The molecule has 1 saturated heterocycles. The van der Waals surface area contributed by atoms with E-state index in [2.05, 4.69) is 10.6 Å². The van der Waals surface area contributed by atoms with Gasteiger partial charge < -0.3 is 21.1 Å². The van der Waals surface area contributed by atoms with E-state index in [0.29, 0.717) is 48.4 Å². The number of hydrogen-bond acceptors (Lipinski definition) is 5. The third-order valence-corrected chi connectivity index (χ3v) is 6.26. The topological polar surface area (TPSA) is 114 Å². The molecule has 1 fully saturated rings. The van der Waals surface area contributed by atoms with Crippen LogP contribution in [0.25, 0.3) is 0 Å². The number of ether oxygens (including phenoxy) is 1. The maximum Gasteiger partial charge on any atom is 0.248 e. The highest BCUT2D eigenvalue weighted by Gasteiger charge is 2.26. The molecule has 10 heteroatoms. The zero-order valence-electron chi connectivity index (χ0n) is 14.9. The third-order valence-electron chi connectivity index (χ3n) is 4.15. The Kier molecular flexibility index (Phi) is 6.25. The van der Waals surface area contributed by atoms with E-state index in [1.807, 2.05) is 0 Å². The summed E-state index contributed by atoms with van der Waals surface area (Å²) in [6.07, 6.45) is 0. The largest absolute Gasteiger partial charge is 0.379 e. The van der Waals surface area contributed by atoms with Crippen molar-refractivity contribution in [3.05, 3.63) is 54.1 Å². The SMILES string of the molecule is NC(=O)c1ccc(NC(=S)Nc2ccc(S(=O)(=O)N3CCOCC3)cc2)cc1. The number of amides is 1. The molecule has 28 heavy (non-hydrogen) atoms. The average Bonchev–Trinajstić information content (AvgIpc) is 2.69. The van der Waals surface area contributed by atoms with Gasteiger partial charge in [-0.2, -0.15) is 4.31 Å². The van der Waals surface area contributed by atoms with Crippen molar-refractivity contribution in [3.63, 3.8) is 0 Å². The van der Waals surface area contributed by atoms with Gasteiger partial charge in [-0.25, -0.2) is 8.42 Å². The molecule has 4 N–H and O–H groups in total. The molecule has 1 aliphatic rings. The monoisotopic (exact) mass is 420 g/mol. The number of nitrogens with zero attached hydrogens (tertiary/aromatic N) is 1. The maximum absolute atomic E-state index is 12.6. The predicted molar refractivity (Wildman–Crippen MR) is 111 cm³/mol. The number of carbonyl (C=O) groups is 1. The van der Waals surface area contributed by atoms with Crippen molar-refractivity contribution < 1.29 is 17.9 Å². The van der Waals surface area contributed by atoms with E-state index in [9.17, 15) is 13.2 Å². The number of thiocarbonyl (C=S) groups is 1. The molecule has 1 aliphatic heterocycles. The van der Waals surface area contributed by atoms with Crippen LogP contribution in [-0.4, -0.2) is 50.0 Å². The summed E-state index contributed by atoms with van der Waals surface area (Å²) < 4.78 is 31.9. The lowest BCUT2D eigenvalue weighted by molar-refractivity contribution is 0.0730. The summed E-state index contributed by atoms with van der Waals surface area (Å²) in [6, 6.07) is 12.9. The summed E-state index contributed by atoms with van der Waals surface area (Å²) in [6.45, 7) is 1.51. The van der Waals surface area contributed by atoms with Crippen molar-refractivity contribution in [1.82, 2.24) is 4.31 Å². The van der Waals surface area contributed by atoms with Crippen LogP contribution in [-0.2, 0) is 14.8 Å². The van der Waals surface area contributed by atoms with Gasteiger partial charge in [-0.1, -0.05) is 0 Å². The molecule has 3 rings (SSSR count). The third kappa shape index (κ3) is 4.84. The van der Waals surface area contributed by atoms with Gasteiger partial charge in [-0.15, -0.1) is 0 Å². The fraction of sp³-hybridized carbons (Fsp3) is 0.222. The van der Waals surface area contributed by atoms with Crippen LogP contribution in [0.15, 0.2) is 53.4 Å². The van der Waals surface area contributed by atoms with Crippen LogP contribution in [0, 0.1) is 0 Å². The van der Waals surface area contributed by atoms with Crippen LogP contribution in [0.3, 0.4) is 0 Å². The van der Waals surface area contributed by atoms with Crippen molar-refractivity contribution in [1.29, 1.82) is 0 Å². The van der Waals surface area contributed by atoms with E-state index < -0.39 is 15.9 Å². The summed E-state index contributed by atoms with van der Waals surface area (Å²) in [5, 5.41) is 6.30. The Morgan fingerprint density at radius 2 is 1.46 bits per heavy atom. The van der Waals surface area contributed by atoms with Gasteiger partial charge in [0.05, 0.1) is 18.1 Å². The number of nitrogens with two attached hydrogens (primary N) is 1. The molecule has 0 unspecified atom stereocenters. The van der Waals surface area contributed by atoms with Crippen molar-refractivity contribution in [2.24, 2.45) is 5.73 Å². The van der Waals surface area contributed by atoms with Gasteiger partial charge in [0.25, 0.3) is 0 Å². The fourth-order valence-electron chi connectivity index (χ4n) is 2.66. The molecule has 1 amide bonds. The van der Waals surface area contributed by atoms with Crippen molar-refractivity contribution in [3.8, 4) is 0 Å². The minimum absolute atomic E-state index is 0.223. The minimum Gasteiger partial charge on any atom is -0.379 e. The second-order valence-corrected chi connectivity index (χ2v) is 8.41. The lowest BCUT2D eigenvalue weighted by atomic mass is 10.2. The molecule has 2 aromatic carbocycles. The maximum atomic E-state index is 12.6. The van der Waals surface area contributed by atoms with E-state index in [1.54, 1.807) is 36.4 Å². The summed E-state index contributed by atoms with van der Waals surface area (Å²) >= 11 is 5.26. The Balaban J connectivity index is 1.62. The Morgan fingerprint density at radius 3 is 1.96 bits per heavy atom. The van der Waals surface area contributed by atoms with Crippen LogP contribution in [0.2, 0.25) is 0 Å². The first-order valence-corrected chi connectivity index (χ1v) is 10.4. The second kappa shape index (κ2) is 8.65. The molecule has 0 aromatic heterocycles. The molecule has 0 atom stereocenters. The van der Waals surface area contributed by atoms with E-state index in [-0.39, 0.29) is 4.90 Å². The zero-order valence-corrected chi connectivity index (χ0v) is 16.6. The van der Waals surface area contributed by atoms with Gasteiger partial charge in [0, 0.05) is 30.0 Å². The normalized spacial score (nSPS) is 15.0. The van der Waals surface area contributed by atoms with Gasteiger partial charge in [0.1, 0.15) is 0 Å². The minimum atomic E-state index is -3.53. The van der Waals surface area contributed by atoms with E-state index in [4.69, 9.17) is 22.7 Å². The predicted octanol–water partition coefficient (Wildman–Crippen LogP) is 1.62. The van der Waals surface area contributed by atoms with Crippen molar-refractivity contribution >= 4 is 44.6 Å². The molecule has 2 aromatic rings. The Morgan fingerprint density at radius 1 is 0.964 bits per heavy atom. The number of morpholine rings is 1. The van der Waals surface area contributed by atoms with Crippen LogP contribution < -0.4 is 16.4 Å². The first-order valence-electron chi connectivity index (χ1n) is 8.52. The number of sulfonamides is 1. The van der Waals surface area contributed by atoms with Gasteiger partial charge >= 0.3 is 0 Å². The molecule has 148 valence electrons. The van der Waals surface area contributed by atoms with Crippen LogP contribution in [0.5, 0.6) is 0 Å². The smallest absolute Gasteiger partial charge is 0.248 e. The quantitative estimate of drug-likeness (QED) is 0.630. The highest BCUT2D eigenvalue weighted by atomic mass is 32.2. The number of benzene rings is 2. The van der Waals surface area contributed by atoms with Gasteiger partial charge in [-0.3, -0.25) is 4.79 Å². The second-order valence-electron chi connectivity index (χ2n) is 6.06. The van der Waals surface area contributed by atoms with Gasteiger partial charge in [0.2, 0.25) is 15.9 Å². The zero-order chi connectivity index (χ0) is 20.1. The molecule has 0 saturated carbocycles. The van der Waals surface area contributed by atoms with Gasteiger partial charge in [-0.05, 0) is 60.7 Å². The molecule has 0 spiro atoms. The van der Waals surface area contributed by atoms with E-state index >= 15 is 0 Å². The Bertz CT molecular complexity index is 954. The van der Waals surface area contributed by atoms with Crippen molar-refractivity contribution in [2.45, 2.75) is 4.90 Å². The lowest BCUT2D eigenvalue weighted by Gasteiger charge is -2.26. The molecule has 8 nitrogen and oxygen atoms in total. The standard InChI is InChI=1S/C18H20N4O4S2/c19-17(23)13-1-3-14(4-2-13)20-18(27)21-15-5-7-16(8-6-15)28(24,25)22-9-11-26-12-10-22/h1-8H,9-12H2,(H2,19,23)(H2,20,21,27). The van der Waals surface area contributed by atoms with E-state index in [0.717, 1.165) is 0 Å². The number of carbonyl (C=O) groups excluding carboxylic acids is 1. The van der Waals surface area contributed by atoms with Crippen LogP contribution >= 0.6 is 12.2 Å². The van der Waals surface area contributed by atoms with E-state index in [1.165, 1.54) is 16.4 Å². The molecule has 0 radical (unpaired) electrons. The summed E-state index contributed by atoms with van der Waals surface area (Å²) in [5.74, 6) is -0.501.